The van der Waals surface area contributed by atoms with E-state index in [9.17, 15) is 13.2 Å². The normalized spacial score (nSPS) is 25.8. The molecule has 0 unspecified atom stereocenters. The van der Waals surface area contributed by atoms with Crippen LogP contribution in [0.1, 0.15) is 44.1 Å². The molecular formula is C30H30Cl2N2O3S. The topological polar surface area (TPSA) is 66.5 Å². The fourth-order valence-electron chi connectivity index (χ4n) is 7.41. The Bertz CT molecular complexity index is 1420. The number of anilines is 2. The lowest BCUT2D eigenvalue weighted by Crippen LogP contribution is -2.48. The van der Waals surface area contributed by atoms with E-state index < -0.39 is 22.5 Å². The van der Waals surface area contributed by atoms with Crippen LogP contribution in [0.5, 0.6) is 0 Å². The highest BCUT2D eigenvalue weighted by molar-refractivity contribution is 7.92. The first-order chi connectivity index (χ1) is 18.2. The van der Waals surface area contributed by atoms with E-state index in [0.29, 0.717) is 5.69 Å². The van der Waals surface area contributed by atoms with Crippen molar-refractivity contribution in [3.05, 3.63) is 88.4 Å². The summed E-state index contributed by atoms with van der Waals surface area (Å²) in [5, 5.41) is 3.16. The first-order valence-electron chi connectivity index (χ1n) is 13.2. The molecule has 4 aliphatic rings. The van der Waals surface area contributed by atoms with Gasteiger partial charge < -0.3 is 5.32 Å². The van der Waals surface area contributed by atoms with Crippen LogP contribution in [0.4, 0.5) is 11.4 Å². The first kappa shape index (κ1) is 25.7. The molecule has 8 heteroatoms. The number of amides is 1. The summed E-state index contributed by atoms with van der Waals surface area (Å²) in [4.78, 5) is 13.2. The molecule has 4 saturated carbocycles. The van der Waals surface area contributed by atoms with Crippen LogP contribution in [0, 0.1) is 17.8 Å². The molecule has 198 valence electrons. The van der Waals surface area contributed by atoms with E-state index in [4.69, 9.17) is 23.2 Å². The molecule has 5 nitrogen and oxygen atoms in total. The number of nitrogens with zero attached hydrogens (tertiary/aromatic N) is 1. The van der Waals surface area contributed by atoms with Crippen LogP contribution in [0.3, 0.4) is 0 Å². The Morgan fingerprint density at radius 3 is 2.05 bits per heavy atom. The molecule has 0 atom stereocenters. The van der Waals surface area contributed by atoms with Crippen molar-refractivity contribution in [1.29, 1.82) is 0 Å². The Hall–Kier alpha value is -2.54. The van der Waals surface area contributed by atoms with Crippen molar-refractivity contribution in [2.75, 3.05) is 16.2 Å². The van der Waals surface area contributed by atoms with Crippen LogP contribution in [-0.4, -0.2) is 20.9 Å². The number of halogens is 2. The summed E-state index contributed by atoms with van der Waals surface area (Å²) >= 11 is 12.6. The van der Waals surface area contributed by atoms with E-state index in [0.717, 1.165) is 22.1 Å². The van der Waals surface area contributed by atoms with E-state index in [1.807, 2.05) is 12.1 Å². The van der Waals surface area contributed by atoms with Crippen molar-refractivity contribution in [3.63, 3.8) is 0 Å². The molecule has 7 rings (SSSR count). The van der Waals surface area contributed by atoms with Gasteiger partial charge in [-0.2, -0.15) is 0 Å². The second-order valence-electron chi connectivity index (χ2n) is 11.2. The number of benzene rings is 3. The van der Waals surface area contributed by atoms with E-state index in [1.54, 1.807) is 36.4 Å². The Labute approximate surface area is 234 Å². The maximum atomic E-state index is 13.6. The van der Waals surface area contributed by atoms with Crippen molar-refractivity contribution >= 4 is 50.5 Å². The summed E-state index contributed by atoms with van der Waals surface area (Å²) in [6.45, 7) is -0.450. The third-order valence-electron chi connectivity index (χ3n) is 8.64. The number of nitrogens with one attached hydrogen (secondary N) is 1. The van der Waals surface area contributed by atoms with Gasteiger partial charge in [-0.15, -0.1) is 0 Å². The molecule has 0 spiro atoms. The van der Waals surface area contributed by atoms with E-state index in [-0.39, 0.29) is 26.0 Å². The van der Waals surface area contributed by atoms with Crippen molar-refractivity contribution < 1.29 is 13.2 Å². The molecule has 0 saturated heterocycles. The summed E-state index contributed by atoms with van der Waals surface area (Å²) in [7, 11) is -4.08. The second kappa shape index (κ2) is 9.89. The highest BCUT2D eigenvalue weighted by Crippen LogP contribution is 2.60. The number of rotatable bonds is 7. The molecule has 4 fully saturated rings. The largest absolute Gasteiger partial charge is 0.325 e. The van der Waals surface area contributed by atoms with Gasteiger partial charge in [-0.05, 0) is 104 Å². The average molecular weight is 570 g/mol. The third kappa shape index (κ3) is 4.72. The molecule has 4 bridgehead atoms. The zero-order valence-corrected chi connectivity index (χ0v) is 23.3. The van der Waals surface area contributed by atoms with Crippen molar-refractivity contribution in [2.45, 2.75) is 48.8 Å². The third-order valence-corrected chi connectivity index (χ3v) is 11.2. The minimum atomic E-state index is -4.08. The van der Waals surface area contributed by atoms with Gasteiger partial charge in [0.25, 0.3) is 10.0 Å². The van der Waals surface area contributed by atoms with E-state index >= 15 is 0 Å². The lowest BCUT2D eigenvalue weighted by atomic mass is 9.48. The lowest BCUT2D eigenvalue weighted by molar-refractivity contribution is -0.114. The summed E-state index contributed by atoms with van der Waals surface area (Å²) in [6, 6.07) is 20.9. The Morgan fingerprint density at radius 1 is 0.842 bits per heavy atom. The number of sulfonamides is 1. The SMILES string of the molecule is O=C(CN(c1cccc(Cl)c1Cl)S(=O)(=O)c1ccccc1)Nc1ccc(C23CC4CC(CC(C4)C2)C3)cc1. The second-order valence-corrected chi connectivity index (χ2v) is 13.9. The molecule has 0 aromatic heterocycles. The van der Waals surface area contributed by atoms with Crippen LogP contribution in [-0.2, 0) is 20.2 Å². The highest BCUT2D eigenvalue weighted by atomic mass is 35.5. The predicted molar refractivity (Wildman–Crippen MR) is 152 cm³/mol. The van der Waals surface area contributed by atoms with E-state index in [2.05, 4.69) is 17.4 Å². The van der Waals surface area contributed by atoms with Crippen LogP contribution in [0.2, 0.25) is 10.0 Å². The van der Waals surface area contributed by atoms with E-state index in [1.165, 1.54) is 56.2 Å². The average Bonchev–Trinajstić information content (AvgIpc) is 2.89. The zero-order valence-electron chi connectivity index (χ0n) is 20.9. The van der Waals surface area contributed by atoms with Gasteiger partial charge in [0.2, 0.25) is 5.91 Å². The summed E-state index contributed by atoms with van der Waals surface area (Å²) < 4.78 is 28.2. The Balaban J connectivity index is 1.23. The first-order valence-corrected chi connectivity index (χ1v) is 15.4. The lowest BCUT2D eigenvalue weighted by Gasteiger charge is -2.57. The molecule has 0 aliphatic heterocycles. The highest BCUT2D eigenvalue weighted by Gasteiger charge is 2.51. The molecule has 4 aliphatic carbocycles. The maximum absolute atomic E-state index is 13.6. The summed E-state index contributed by atoms with van der Waals surface area (Å²) in [5.41, 5.74) is 2.43. The quantitative estimate of drug-likeness (QED) is 0.325. The van der Waals surface area contributed by atoms with Crippen LogP contribution in [0.15, 0.2) is 77.7 Å². The molecule has 0 heterocycles. The molecule has 38 heavy (non-hydrogen) atoms. The van der Waals surface area contributed by atoms with Crippen LogP contribution >= 0.6 is 23.2 Å². The molecule has 1 amide bonds. The summed E-state index contributed by atoms with van der Waals surface area (Å²) in [5.74, 6) is 2.10. The summed E-state index contributed by atoms with van der Waals surface area (Å²) in [6.07, 6.45) is 8.01. The Kier molecular flexibility index (Phi) is 6.69. The van der Waals surface area contributed by atoms with Gasteiger partial charge in [0.05, 0.1) is 20.6 Å². The van der Waals surface area contributed by atoms with Crippen LogP contribution < -0.4 is 9.62 Å². The van der Waals surface area contributed by atoms with Gasteiger partial charge in [-0.3, -0.25) is 9.10 Å². The van der Waals surface area contributed by atoms with Gasteiger partial charge in [0.15, 0.2) is 0 Å². The van der Waals surface area contributed by atoms with Crippen LogP contribution in [0.25, 0.3) is 0 Å². The Morgan fingerprint density at radius 2 is 1.45 bits per heavy atom. The number of hydrogen-bond donors (Lipinski definition) is 1. The predicted octanol–water partition coefficient (Wildman–Crippen LogP) is 7.30. The van der Waals surface area contributed by atoms with Gasteiger partial charge >= 0.3 is 0 Å². The number of carbonyl (C=O) groups excluding carboxylic acids is 1. The standard InChI is InChI=1S/C30H30Cl2N2O3S/c31-26-7-4-8-27(29(26)32)34(38(36,37)25-5-2-1-3-6-25)19-28(35)33-24-11-9-23(10-12-24)30-16-20-13-21(17-30)15-22(14-20)18-30/h1-12,20-22H,13-19H2,(H,33,35). The fraction of sp³-hybridized carbons (Fsp3) is 0.367. The van der Waals surface area contributed by atoms with Gasteiger partial charge in [0, 0.05) is 5.69 Å². The van der Waals surface area contributed by atoms with Crippen molar-refractivity contribution in [3.8, 4) is 0 Å². The van der Waals surface area contributed by atoms with Gasteiger partial charge in [-0.1, -0.05) is 59.6 Å². The molecule has 0 radical (unpaired) electrons. The number of hydrogen-bond acceptors (Lipinski definition) is 3. The zero-order chi connectivity index (χ0) is 26.5. The van der Waals surface area contributed by atoms with Crippen molar-refractivity contribution in [1.82, 2.24) is 0 Å². The van der Waals surface area contributed by atoms with Gasteiger partial charge in [-0.25, -0.2) is 8.42 Å². The van der Waals surface area contributed by atoms with Crippen molar-refractivity contribution in [2.24, 2.45) is 17.8 Å². The molecule has 3 aromatic carbocycles. The number of carbonyl (C=O) groups is 1. The smallest absolute Gasteiger partial charge is 0.264 e. The maximum Gasteiger partial charge on any atom is 0.264 e. The molecular weight excluding hydrogens is 539 g/mol. The minimum Gasteiger partial charge on any atom is -0.325 e. The fourth-order valence-corrected chi connectivity index (χ4v) is 9.31. The molecule has 3 aromatic rings. The minimum absolute atomic E-state index is 0.0590. The monoisotopic (exact) mass is 568 g/mol. The van der Waals surface area contributed by atoms with Gasteiger partial charge in [0.1, 0.15) is 6.54 Å². The molecule has 1 N–H and O–H groups in total.